The molecule has 4 aromatic heterocycles. The quantitative estimate of drug-likeness (QED) is 0.444. The zero-order valence-electron chi connectivity index (χ0n) is 18.3. The molecule has 0 unspecified atom stereocenters. The van der Waals surface area contributed by atoms with Crippen LogP contribution in [0.15, 0.2) is 36.7 Å². The molecule has 0 atom stereocenters. The van der Waals surface area contributed by atoms with Gasteiger partial charge in [-0.2, -0.15) is 0 Å². The van der Waals surface area contributed by atoms with Crippen molar-refractivity contribution in [1.82, 2.24) is 18.8 Å². The van der Waals surface area contributed by atoms with Gasteiger partial charge < -0.3 is 8.80 Å². The van der Waals surface area contributed by atoms with Crippen LogP contribution in [0.1, 0.15) is 69.9 Å². The van der Waals surface area contributed by atoms with Crippen molar-refractivity contribution in [3.63, 3.8) is 0 Å². The van der Waals surface area contributed by atoms with Gasteiger partial charge in [-0.15, -0.1) is 0 Å². The molecule has 0 fully saturated rings. The predicted molar refractivity (Wildman–Crippen MR) is 115 cm³/mol. The van der Waals surface area contributed by atoms with Gasteiger partial charge in [-0.05, 0) is 30.7 Å². The smallest absolute Gasteiger partial charge is 0.139 e. The zero-order chi connectivity index (χ0) is 21.1. The van der Waals surface area contributed by atoms with Crippen molar-refractivity contribution in [3.05, 3.63) is 70.8 Å². The Labute approximate surface area is 171 Å². The molecule has 0 amide bonds. The summed E-state index contributed by atoms with van der Waals surface area (Å²) in [5, 5.41) is 0. The van der Waals surface area contributed by atoms with Crippen LogP contribution in [-0.2, 0) is 17.3 Å². The first-order valence-corrected chi connectivity index (χ1v) is 10.1. The van der Waals surface area contributed by atoms with Crippen LogP contribution >= 0.6 is 0 Å². The Kier molecular flexibility index (Phi) is 4.34. The van der Waals surface area contributed by atoms with E-state index >= 15 is 0 Å². The van der Waals surface area contributed by atoms with Gasteiger partial charge in [0.05, 0.1) is 11.4 Å². The second kappa shape index (κ2) is 6.41. The molecule has 0 aliphatic rings. The maximum atomic E-state index is 13.9. The van der Waals surface area contributed by atoms with E-state index in [-0.39, 0.29) is 16.6 Å². The molecule has 4 rings (SSSR count). The van der Waals surface area contributed by atoms with Gasteiger partial charge in [0.2, 0.25) is 0 Å². The first kappa shape index (κ1) is 19.6. The van der Waals surface area contributed by atoms with Crippen molar-refractivity contribution in [2.75, 3.05) is 0 Å². The molecular formula is C24H29FN4. The van der Waals surface area contributed by atoms with Gasteiger partial charge in [-0.3, -0.25) is 0 Å². The number of aromatic nitrogens is 4. The third-order valence-corrected chi connectivity index (χ3v) is 5.51. The number of hydrogen-bond acceptors (Lipinski definition) is 2. The van der Waals surface area contributed by atoms with Gasteiger partial charge >= 0.3 is 0 Å². The Hall–Kier alpha value is -2.69. The molecule has 4 aromatic rings. The SMILES string of the molecule is Cc1c(Cc2nc3ccc(F)cn3c2C(C)(C)C)ccc2ncc(C(C)(C)C)n12. The van der Waals surface area contributed by atoms with Gasteiger partial charge in [0.1, 0.15) is 17.1 Å². The highest BCUT2D eigenvalue weighted by molar-refractivity contribution is 5.50. The fourth-order valence-corrected chi connectivity index (χ4v) is 4.16. The van der Waals surface area contributed by atoms with Gasteiger partial charge in [0.25, 0.3) is 0 Å². The summed E-state index contributed by atoms with van der Waals surface area (Å²) in [7, 11) is 0. The van der Waals surface area contributed by atoms with E-state index in [0.29, 0.717) is 6.42 Å². The molecule has 0 N–H and O–H groups in total. The fraction of sp³-hybridized carbons (Fsp3) is 0.417. The predicted octanol–water partition coefficient (Wildman–Crippen LogP) is 5.62. The zero-order valence-corrected chi connectivity index (χ0v) is 18.3. The molecule has 0 aromatic carbocycles. The Morgan fingerprint density at radius 2 is 1.62 bits per heavy atom. The van der Waals surface area contributed by atoms with E-state index in [9.17, 15) is 4.39 Å². The molecular weight excluding hydrogens is 363 g/mol. The molecule has 0 radical (unpaired) electrons. The van der Waals surface area contributed by atoms with Crippen molar-refractivity contribution in [3.8, 4) is 0 Å². The number of imidazole rings is 2. The lowest BCUT2D eigenvalue weighted by Crippen LogP contribution is -2.18. The molecule has 0 saturated heterocycles. The largest absolute Gasteiger partial charge is 0.301 e. The maximum Gasteiger partial charge on any atom is 0.139 e. The number of hydrogen-bond donors (Lipinski definition) is 0. The van der Waals surface area contributed by atoms with Gasteiger partial charge in [0, 0.05) is 41.0 Å². The van der Waals surface area contributed by atoms with Crippen molar-refractivity contribution in [1.29, 1.82) is 0 Å². The monoisotopic (exact) mass is 392 g/mol. The number of fused-ring (bicyclic) bond motifs is 2. The minimum absolute atomic E-state index is 0.0000138. The van der Waals surface area contributed by atoms with E-state index in [2.05, 4.69) is 70.0 Å². The minimum Gasteiger partial charge on any atom is -0.301 e. The number of nitrogens with zero attached hydrogens (tertiary/aromatic N) is 4. The Morgan fingerprint density at radius 3 is 2.28 bits per heavy atom. The van der Waals surface area contributed by atoms with Crippen LogP contribution in [0.25, 0.3) is 11.3 Å². The van der Waals surface area contributed by atoms with Crippen LogP contribution < -0.4 is 0 Å². The topological polar surface area (TPSA) is 34.6 Å². The molecule has 0 aliphatic carbocycles. The normalized spacial score (nSPS) is 13.0. The number of aryl methyl sites for hydroxylation is 1. The summed E-state index contributed by atoms with van der Waals surface area (Å²) in [4.78, 5) is 9.46. The van der Waals surface area contributed by atoms with Crippen LogP contribution in [-0.4, -0.2) is 18.8 Å². The van der Waals surface area contributed by atoms with Crippen LogP contribution in [0.3, 0.4) is 0 Å². The Bertz CT molecular complexity index is 1220. The highest BCUT2D eigenvalue weighted by Crippen LogP contribution is 2.31. The molecule has 0 saturated carbocycles. The highest BCUT2D eigenvalue weighted by Gasteiger charge is 2.26. The van der Waals surface area contributed by atoms with E-state index < -0.39 is 0 Å². The van der Waals surface area contributed by atoms with Crippen LogP contribution in [0.4, 0.5) is 4.39 Å². The van der Waals surface area contributed by atoms with Gasteiger partial charge in [0.15, 0.2) is 0 Å². The molecule has 152 valence electrons. The van der Waals surface area contributed by atoms with Crippen LogP contribution in [0.2, 0.25) is 0 Å². The molecule has 0 aliphatic heterocycles. The summed E-state index contributed by atoms with van der Waals surface area (Å²) >= 11 is 0. The first-order valence-electron chi connectivity index (χ1n) is 10.1. The lowest BCUT2D eigenvalue weighted by molar-refractivity contribution is 0.550. The van der Waals surface area contributed by atoms with Crippen LogP contribution in [0.5, 0.6) is 0 Å². The first-order chi connectivity index (χ1) is 13.5. The van der Waals surface area contributed by atoms with Crippen molar-refractivity contribution < 1.29 is 4.39 Å². The van der Waals surface area contributed by atoms with Gasteiger partial charge in [-0.1, -0.05) is 47.6 Å². The van der Waals surface area contributed by atoms with Crippen molar-refractivity contribution >= 4 is 11.3 Å². The van der Waals surface area contributed by atoms with Gasteiger partial charge in [-0.25, -0.2) is 14.4 Å². The molecule has 0 bridgehead atoms. The van der Waals surface area contributed by atoms with Crippen LogP contribution in [0, 0.1) is 12.7 Å². The van der Waals surface area contributed by atoms with Crippen molar-refractivity contribution in [2.45, 2.75) is 65.7 Å². The van der Waals surface area contributed by atoms with Crippen molar-refractivity contribution in [2.24, 2.45) is 0 Å². The third-order valence-electron chi connectivity index (χ3n) is 5.51. The molecule has 0 spiro atoms. The van der Waals surface area contributed by atoms with E-state index in [1.54, 1.807) is 6.07 Å². The minimum atomic E-state index is -0.252. The Balaban J connectivity index is 1.90. The molecule has 29 heavy (non-hydrogen) atoms. The van der Waals surface area contributed by atoms with E-state index in [0.717, 1.165) is 22.7 Å². The standard InChI is InChI=1S/C24H29FN4/c1-15-16(8-10-20-26-13-19(29(15)20)23(2,3)4)12-18-22(24(5,6)7)28-14-17(25)9-11-21(28)27-18/h8-11,13-14H,12H2,1-7H3. The summed E-state index contributed by atoms with van der Waals surface area (Å²) < 4.78 is 18.1. The number of halogens is 1. The van der Waals surface area contributed by atoms with E-state index in [1.165, 1.54) is 29.2 Å². The summed E-state index contributed by atoms with van der Waals surface area (Å²) in [5.74, 6) is -0.252. The lowest BCUT2D eigenvalue weighted by atomic mass is 9.88. The second-order valence-corrected chi connectivity index (χ2v) is 9.94. The molecule has 5 heteroatoms. The third kappa shape index (κ3) is 3.33. The average molecular weight is 393 g/mol. The number of rotatable bonds is 2. The summed E-state index contributed by atoms with van der Waals surface area (Å²) in [6, 6.07) is 7.43. The van der Waals surface area contributed by atoms with E-state index in [4.69, 9.17) is 4.98 Å². The molecule has 4 nitrogen and oxygen atoms in total. The fourth-order valence-electron chi connectivity index (χ4n) is 4.16. The lowest BCUT2D eigenvalue weighted by Gasteiger charge is -2.22. The van der Waals surface area contributed by atoms with E-state index in [1.807, 2.05) is 10.6 Å². The summed E-state index contributed by atoms with van der Waals surface area (Å²) in [5.41, 5.74) is 7.19. The molecule has 4 heterocycles. The summed E-state index contributed by atoms with van der Waals surface area (Å²) in [6.07, 6.45) is 4.20. The summed E-state index contributed by atoms with van der Waals surface area (Å²) in [6.45, 7) is 15.2. The maximum absolute atomic E-state index is 13.9. The average Bonchev–Trinajstić information content (AvgIpc) is 3.17. The number of pyridine rings is 2. The second-order valence-electron chi connectivity index (χ2n) is 9.94. The highest BCUT2D eigenvalue weighted by atomic mass is 19.1. The Morgan fingerprint density at radius 1 is 0.931 bits per heavy atom.